The summed E-state index contributed by atoms with van der Waals surface area (Å²) >= 11 is 0. The second-order valence-electron chi connectivity index (χ2n) is 8.53. The van der Waals surface area contributed by atoms with Gasteiger partial charge in [-0.15, -0.1) is 0 Å². The van der Waals surface area contributed by atoms with Gasteiger partial charge < -0.3 is 46.6 Å². The Morgan fingerprint density at radius 2 is 1.23 bits per heavy atom. The van der Waals surface area contributed by atoms with Crippen LogP contribution in [-0.4, -0.2) is 112 Å². The molecule has 1 aliphatic rings. The highest BCUT2D eigenvalue weighted by Crippen LogP contribution is 2.25. The quantitative estimate of drug-likeness (QED) is 0.231. The lowest BCUT2D eigenvalue weighted by Gasteiger charge is -2.40. The summed E-state index contributed by atoms with van der Waals surface area (Å²) in [5.41, 5.74) is 8.62. The predicted octanol–water partition coefficient (Wildman–Crippen LogP) is -1.37. The number of aliphatic hydroxyl groups is 5. The Balaban J connectivity index is -0.000000168. The van der Waals surface area contributed by atoms with Crippen LogP contribution >= 0.6 is 0 Å². The van der Waals surface area contributed by atoms with Crippen LogP contribution < -0.4 is 11.5 Å². The molecule has 0 heterocycles. The van der Waals surface area contributed by atoms with Gasteiger partial charge in [-0.25, -0.2) is 0 Å². The van der Waals surface area contributed by atoms with Gasteiger partial charge in [0, 0.05) is 5.92 Å². The Hall–Kier alpha value is -0.850. The topological polar surface area (TPSA) is 192 Å². The van der Waals surface area contributed by atoms with Crippen molar-refractivity contribution in [3.8, 4) is 0 Å². The van der Waals surface area contributed by atoms with Crippen molar-refractivity contribution in [2.45, 2.75) is 90.9 Å². The van der Waals surface area contributed by atoms with Crippen molar-refractivity contribution in [2.75, 3.05) is 34.2 Å². The molecule has 0 radical (unpaired) electrons. The maximum absolute atomic E-state index is 9.81. The number of nitrogens with two attached hydrogens (primary N) is 1. The van der Waals surface area contributed by atoms with Gasteiger partial charge in [0.25, 0.3) is 0 Å². The standard InChI is InChI=1S/C7H14O5.C6H16N.C4H9NO2.C3H9N.CH4/c1-2-3(8)5(10)7(12)6(11)4(2)9;1-5-6-7(2,3)4;1-2-3(5)4(6)7;1-2-3-4;/h2-12H,1H3;5-6H2,1-4H3;3H,2,5H2,1H3,(H,6,7);2-4H2,1H3;1H4/q;+1;;;/p+1. The lowest BCUT2D eigenvalue weighted by Crippen LogP contribution is -2.60. The van der Waals surface area contributed by atoms with E-state index in [1.54, 1.807) is 6.92 Å². The van der Waals surface area contributed by atoms with Crippen molar-refractivity contribution in [2.24, 2.45) is 11.7 Å². The van der Waals surface area contributed by atoms with E-state index >= 15 is 0 Å². The van der Waals surface area contributed by atoms with Crippen molar-refractivity contribution in [1.82, 2.24) is 0 Å². The minimum Gasteiger partial charge on any atom is -0.480 e. The van der Waals surface area contributed by atoms with Crippen LogP contribution in [0.25, 0.3) is 0 Å². The van der Waals surface area contributed by atoms with Gasteiger partial charge in [-0.05, 0) is 19.3 Å². The fraction of sp³-hybridized carbons (Fsp3) is 0.952. The maximum Gasteiger partial charge on any atom is 0.320 e. The zero-order chi connectivity index (χ0) is 24.7. The highest BCUT2D eigenvalue weighted by Gasteiger charge is 2.45. The third kappa shape index (κ3) is 18.4. The number of rotatable bonds is 5. The van der Waals surface area contributed by atoms with E-state index in [0.29, 0.717) is 6.42 Å². The number of carboxylic acid groups (broad SMARTS) is 1. The molecule has 0 bridgehead atoms. The van der Waals surface area contributed by atoms with E-state index < -0.39 is 48.4 Å². The molecular weight excluding hydrogens is 406 g/mol. The normalized spacial score (nSPS) is 28.2. The SMILES string of the molecule is C.CC1C(O)C(O)C(O)C(O)C1O.CCC(N)C(=O)O.CCC[N+](C)(C)C.CCC[NH3+]. The fourth-order valence-corrected chi connectivity index (χ4v) is 2.28. The predicted molar refractivity (Wildman–Crippen MR) is 123 cm³/mol. The van der Waals surface area contributed by atoms with Crippen LogP contribution in [0.15, 0.2) is 0 Å². The summed E-state index contributed by atoms with van der Waals surface area (Å²) in [5, 5.41) is 53.9. The van der Waals surface area contributed by atoms with Crippen LogP contribution in [0.4, 0.5) is 0 Å². The highest BCUT2D eigenvalue weighted by atomic mass is 16.4. The van der Waals surface area contributed by atoms with Gasteiger partial charge in [-0.1, -0.05) is 35.1 Å². The molecule has 0 aliphatic heterocycles. The first-order chi connectivity index (χ1) is 13.6. The van der Waals surface area contributed by atoms with Crippen LogP contribution in [0.3, 0.4) is 0 Å². The van der Waals surface area contributed by atoms with Gasteiger partial charge in [0.1, 0.15) is 24.4 Å². The van der Waals surface area contributed by atoms with E-state index in [1.165, 1.54) is 26.3 Å². The fourth-order valence-electron chi connectivity index (χ4n) is 2.28. The molecule has 1 fully saturated rings. The number of carbonyl (C=O) groups is 1. The first kappa shape index (κ1) is 37.5. The molecule has 31 heavy (non-hydrogen) atoms. The van der Waals surface area contributed by atoms with Gasteiger partial charge in [0.15, 0.2) is 0 Å². The highest BCUT2D eigenvalue weighted by molar-refractivity contribution is 5.72. The number of carboxylic acids is 1. The van der Waals surface area contributed by atoms with Gasteiger partial charge >= 0.3 is 5.97 Å². The van der Waals surface area contributed by atoms with Crippen LogP contribution in [-0.2, 0) is 4.79 Å². The molecule has 0 spiro atoms. The second-order valence-corrected chi connectivity index (χ2v) is 8.53. The summed E-state index contributed by atoms with van der Waals surface area (Å²) in [5.74, 6) is -1.57. The Morgan fingerprint density at radius 1 is 0.903 bits per heavy atom. The molecule has 192 valence electrons. The molecule has 11 N–H and O–H groups in total. The molecule has 1 rings (SSSR count). The minimum absolute atomic E-state index is 0. The lowest BCUT2D eigenvalue weighted by molar-refractivity contribution is -0.870. The number of aliphatic hydroxyl groups excluding tert-OH is 5. The molecule has 0 amide bonds. The van der Waals surface area contributed by atoms with Crippen molar-refractivity contribution in [1.29, 1.82) is 0 Å². The maximum atomic E-state index is 9.81. The summed E-state index contributed by atoms with van der Waals surface area (Å²) in [6, 6.07) is -0.681. The van der Waals surface area contributed by atoms with E-state index in [4.69, 9.17) is 26.2 Å². The lowest BCUT2D eigenvalue weighted by atomic mass is 9.80. The van der Waals surface area contributed by atoms with E-state index in [0.717, 1.165) is 11.0 Å². The van der Waals surface area contributed by atoms with Crippen molar-refractivity contribution in [3.05, 3.63) is 0 Å². The molecule has 1 saturated carbocycles. The second kappa shape index (κ2) is 19.8. The molecule has 0 aromatic carbocycles. The van der Waals surface area contributed by atoms with Gasteiger partial charge in [0.2, 0.25) is 0 Å². The summed E-state index contributed by atoms with van der Waals surface area (Å²) in [6.45, 7) is 9.91. The van der Waals surface area contributed by atoms with Crippen LogP contribution in [0.1, 0.15) is 54.4 Å². The van der Waals surface area contributed by atoms with Gasteiger partial charge in [0.05, 0.1) is 46.4 Å². The first-order valence-electron chi connectivity index (χ1n) is 10.6. The molecule has 10 nitrogen and oxygen atoms in total. The van der Waals surface area contributed by atoms with E-state index in [2.05, 4.69) is 40.7 Å². The summed E-state index contributed by atoms with van der Waals surface area (Å²) in [7, 11) is 6.64. The molecule has 5 atom stereocenters. The minimum atomic E-state index is -1.48. The largest absolute Gasteiger partial charge is 0.480 e. The average molecular weight is 460 g/mol. The molecule has 0 aromatic heterocycles. The van der Waals surface area contributed by atoms with Crippen molar-refractivity contribution in [3.63, 3.8) is 0 Å². The Morgan fingerprint density at radius 3 is 1.35 bits per heavy atom. The Kier molecular flexibility index (Phi) is 23.9. The first-order valence-corrected chi connectivity index (χ1v) is 10.6. The van der Waals surface area contributed by atoms with Crippen LogP contribution in [0.5, 0.6) is 0 Å². The molecule has 0 saturated heterocycles. The van der Waals surface area contributed by atoms with E-state index in [-0.39, 0.29) is 7.43 Å². The molecule has 1 aliphatic carbocycles. The summed E-state index contributed by atoms with van der Waals surface area (Å²) in [4.78, 5) is 9.81. The van der Waals surface area contributed by atoms with E-state index in [1.807, 2.05) is 0 Å². The number of hydrogen-bond acceptors (Lipinski definition) is 7. The average Bonchev–Trinajstić information content (AvgIpc) is 2.68. The Bertz CT molecular complexity index is 362. The number of nitrogens with zero attached hydrogens (tertiary/aromatic N) is 1. The zero-order valence-electron chi connectivity index (χ0n) is 19.9. The smallest absolute Gasteiger partial charge is 0.320 e. The number of quaternary nitrogens is 2. The van der Waals surface area contributed by atoms with Crippen molar-refractivity contribution < 1.29 is 45.7 Å². The monoisotopic (exact) mass is 459 g/mol. The van der Waals surface area contributed by atoms with E-state index in [9.17, 15) is 15.0 Å². The molecular formula is C21H53N3O7+2. The van der Waals surface area contributed by atoms with Gasteiger partial charge in [-0.2, -0.15) is 0 Å². The summed E-state index contributed by atoms with van der Waals surface area (Å²) < 4.78 is 1.09. The zero-order valence-corrected chi connectivity index (χ0v) is 19.9. The van der Waals surface area contributed by atoms with Crippen LogP contribution in [0, 0.1) is 5.92 Å². The van der Waals surface area contributed by atoms with Crippen molar-refractivity contribution >= 4 is 5.97 Å². The third-order valence-corrected chi connectivity index (χ3v) is 4.48. The molecule has 0 aromatic rings. The third-order valence-electron chi connectivity index (χ3n) is 4.48. The van der Waals surface area contributed by atoms with Gasteiger partial charge in [-0.3, -0.25) is 4.79 Å². The number of hydrogen-bond donors (Lipinski definition) is 8. The van der Waals surface area contributed by atoms with Crippen LogP contribution in [0.2, 0.25) is 0 Å². The summed E-state index contributed by atoms with van der Waals surface area (Å²) in [6.07, 6.45) is -3.67. The number of aliphatic carboxylic acids is 1. The Labute approximate surface area is 189 Å². The molecule has 5 unspecified atom stereocenters. The molecule has 10 heteroatoms.